The molecular formula is C25H32F3N3O3. The van der Waals surface area contributed by atoms with Crippen LogP contribution in [0.4, 0.5) is 18.9 Å². The molecule has 3 atom stereocenters. The highest BCUT2D eigenvalue weighted by molar-refractivity contribution is 6.04. The third-order valence-electron chi connectivity index (χ3n) is 7.94. The summed E-state index contributed by atoms with van der Waals surface area (Å²) in [6.45, 7) is 2.74. The van der Waals surface area contributed by atoms with Gasteiger partial charge in [-0.15, -0.1) is 0 Å². The number of aromatic amines is 1. The summed E-state index contributed by atoms with van der Waals surface area (Å²) >= 11 is 0. The first kappa shape index (κ1) is 23.5. The summed E-state index contributed by atoms with van der Waals surface area (Å²) < 4.78 is 44.0. The average Bonchev–Trinajstić information content (AvgIpc) is 3.39. The summed E-state index contributed by atoms with van der Waals surface area (Å²) in [7, 11) is 0. The standard InChI is InChI=1S/C25H32F3N3O3/c1-24(9-18(32)10-24)23(33)30-22-11-29-21-3-2-19(8-20(21)22)34-5-4-15-6-16-12-31(13-17(16)7-15)14-25(26,27)28/h2-3,8,11,15-18,29,32H,4-7,9-10,12-14H2,1H3,(H,30,33)/t15-,16-,17+,18-,24-. The molecule has 2 saturated carbocycles. The molecule has 3 N–H and O–H groups in total. The summed E-state index contributed by atoms with van der Waals surface area (Å²) in [5.41, 5.74) is 1.05. The Morgan fingerprint density at radius 1 is 1.26 bits per heavy atom. The van der Waals surface area contributed by atoms with E-state index in [9.17, 15) is 23.1 Å². The molecule has 3 fully saturated rings. The van der Waals surface area contributed by atoms with Crippen LogP contribution in [-0.2, 0) is 4.79 Å². The summed E-state index contributed by atoms with van der Waals surface area (Å²) in [4.78, 5) is 17.4. The van der Waals surface area contributed by atoms with Crippen molar-refractivity contribution in [3.63, 3.8) is 0 Å². The molecule has 5 rings (SSSR count). The number of nitrogens with one attached hydrogen (secondary N) is 2. The van der Waals surface area contributed by atoms with E-state index < -0.39 is 24.2 Å². The highest BCUT2D eigenvalue weighted by Crippen LogP contribution is 2.44. The van der Waals surface area contributed by atoms with Crippen molar-refractivity contribution < 1.29 is 27.8 Å². The maximum atomic E-state index is 12.7. The average molecular weight is 480 g/mol. The van der Waals surface area contributed by atoms with Crippen LogP contribution >= 0.6 is 0 Å². The lowest BCUT2D eigenvalue weighted by Gasteiger charge is -2.40. The second kappa shape index (κ2) is 8.75. The van der Waals surface area contributed by atoms with E-state index in [1.54, 1.807) is 11.1 Å². The zero-order valence-electron chi connectivity index (χ0n) is 19.3. The third kappa shape index (κ3) is 4.91. The third-order valence-corrected chi connectivity index (χ3v) is 7.94. The van der Waals surface area contributed by atoms with Gasteiger partial charge in [0.05, 0.1) is 30.4 Å². The first-order valence-electron chi connectivity index (χ1n) is 12.1. The lowest BCUT2D eigenvalue weighted by molar-refractivity contribution is -0.144. The van der Waals surface area contributed by atoms with Gasteiger partial charge < -0.3 is 20.1 Å². The van der Waals surface area contributed by atoms with Crippen molar-refractivity contribution in [1.82, 2.24) is 9.88 Å². The van der Waals surface area contributed by atoms with Gasteiger partial charge in [-0.25, -0.2) is 0 Å². The monoisotopic (exact) mass is 479 g/mol. The van der Waals surface area contributed by atoms with E-state index in [2.05, 4.69) is 10.3 Å². The Kier molecular flexibility index (Phi) is 6.04. The number of amides is 1. The number of hydrogen-bond donors (Lipinski definition) is 3. The molecule has 1 saturated heterocycles. The Balaban J connectivity index is 1.12. The highest BCUT2D eigenvalue weighted by atomic mass is 19.4. The van der Waals surface area contributed by atoms with Crippen LogP contribution in [0.3, 0.4) is 0 Å². The number of aliphatic hydroxyl groups is 1. The molecular weight excluding hydrogens is 447 g/mol. The van der Waals surface area contributed by atoms with Gasteiger partial charge in [0.2, 0.25) is 5.91 Å². The van der Waals surface area contributed by atoms with Crippen LogP contribution in [0.5, 0.6) is 5.75 Å². The van der Waals surface area contributed by atoms with E-state index in [4.69, 9.17) is 4.74 Å². The van der Waals surface area contributed by atoms with Gasteiger partial charge in [-0.2, -0.15) is 13.2 Å². The molecule has 186 valence electrons. The van der Waals surface area contributed by atoms with Crippen molar-refractivity contribution in [2.75, 3.05) is 31.6 Å². The lowest BCUT2D eigenvalue weighted by Crippen LogP contribution is -2.47. The van der Waals surface area contributed by atoms with Crippen LogP contribution in [0.25, 0.3) is 10.9 Å². The molecule has 2 aromatic rings. The van der Waals surface area contributed by atoms with Crippen LogP contribution in [-0.4, -0.2) is 59.4 Å². The van der Waals surface area contributed by atoms with E-state index in [1.165, 1.54) is 0 Å². The van der Waals surface area contributed by atoms with E-state index >= 15 is 0 Å². The molecule has 0 spiro atoms. The van der Waals surface area contributed by atoms with Gasteiger partial charge in [0, 0.05) is 30.2 Å². The zero-order valence-corrected chi connectivity index (χ0v) is 19.3. The molecule has 1 aliphatic heterocycles. The van der Waals surface area contributed by atoms with Gasteiger partial charge in [0.25, 0.3) is 0 Å². The fraction of sp³-hybridized carbons (Fsp3) is 0.640. The number of alkyl halides is 3. The quantitative estimate of drug-likeness (QED) is 0.544. The largest absolute Gasteiger partial charge is 0.494 e. The molecule has 3 aliphatic rings. The fourth-order valence-corrected chi connectivity index (χ4v) is 6.22. The summed E-state index contributed by atoms with van der Waals surface area (Å²) in [6.07, 6.45) is 1.03. The van der Waals surface area contributed by atoms with E-state index in [-0.39, 0.29) is 5.91 Å². The van der Waals surface area contributed by atoms with Crippen LogP contribution < -0.4 is 10.1 Å². The van der Waals surface area contributed by atoms with Gasteiger partial charge >= 0.3 is 6.18 Å². The van der Waals surface area contributed by atoms with Crippen molar-refractivity contribution in [2.24, 2.45) is 23.2 Å². The zero-order chi connectivity index (χ0) is 24.1. The number of H-pyrrole nitrogens is 1. The Hall–Kier alpha value is -2.26. The van der Waals surface area contributed by atoms with E-state index in [0.29, 0.717) is 56.0 Å². The second-order valence-electron chi connectivity index (χ2n) is 10.8. The van der Waals surface area contributed by atoms with Gasteiger partial charge in [-0.05, 0) is 68.1 Å². The number of carbonyl (C=O) groups is 1. The summed E-state index contributed by atoms with van der Waals surface area (Å²) in [5.74, 6) is 1.86. The lowest BCUT2D eigenvalue weighted by atomic mass is 9.67. The minimum absolute atomic E-state index is 0.0920. The topological polar surface area (TPSA) is 77.6 Å². The van der Waals surface area contributed by atoms with Crippen molar-refractivity contribution in [3.8, 4) is 5.75 Å². The van der Waals surface area contributed by atoms with Crippen molar-refractivity contribution in [2.45, 2.75) is 51.3 Å². The highest BCUT2D eigenvalue weighted by Gasteiger charge is 2.46. The molecule has 6 nitrogen and oxygen atoms in total. The molecule has 0 bridgehead atoms. The molecule has 34 heavy (non-hydrogen) atoms. The van der Waals surface area contributed by atoms with Gasteiger partial charge in [-0.1, -0.05) is 6.92 Å². The maximum Gasteiger partial charge on any atom is 0.401 e. The number of hydrogen-bond acceptors (Lipinski definition) is 4. The number of ether oxygens (including phenoxy) is 1. The number of benzene rings is 1. The number of aliphatic hydroxyl groups excluding tert-OH is 1. The Morgan fingerprint density at radius 2 is 1.97 bits per heavy atom. The van der Waals surface area contributed by atoms with Gasteiger partial charge in [-0.3, -0.25) is 9.69 Å². The Labute approximate surface area is 196 Å². The summed E-state index contributed by atoms with van der Waals surface area (Å²) in [5, 5.41) is 13.4. The van der Waals surface area contributed by atoms with Crippen LogP contribution in [0.15, 0.2) is 24.4 Å². The van der Waals surface area contributed by atoms with Crippen molar-refractivity contribution >= 4 is 22.5 Å². The normalized spacial score (nSPS) is 31.4. The van der Waals surface area contributed by atoms with Gasteiger partial charge in [0.1, 0.15) is 5.75 Å². The second-order valence-corrected chi connectivity index (χ2v) is 10.8. The Bertz CT molecular complexity index is 1030. The number of carbonyl (C=O) groups excluding carboxylic acids is 1. The van der Waals surface area contributed by atoms with Gasteiger partial charge in [0.15, 0.2) is 0 Å². The molecule has 0 unspecified atom stereocenters. The molecule has 0 radical (unpaired) electrons. The minimum Gasteiger partial charge on any atom is -0.494 e. The first-order valence-corrected chi connectivity index (χ1v) is 12.1. The minimum atomic E-state index is -4.12. The fourth-order valence-electron chi connectivity index (χ4n) is 6.22. The maximum absolute atomic E-state index is 12.7. The van der Waals surface area contributed by atoms with Crippen molar-refractivity contribution in [1.29, 1.82) is 0 Å². The van der Waals surface area contributed by atoms with Crippen LogP contribution in [0.1, 0.15) is 39.0 Å². The molecule has 2 heterocycles. The van der Waals surface area contributed by atoms with E-state index in [1.807, 2.05) is 25.1 Å². The number of anilines is 1. The predicted octanol–water partition coefficient (Wildman–Crippen LogP) is 4.56. The number of likely N-dealkylation sites (tertiary alicyclic amines) is 1. The number of fused-ring (bicyclic) bond motifs is 2. The Morgan fingerprint density at radius 3 is 2.62 bits per heavy atom. The van der Waals surface area contributed by atoms with Crippen molar-refractivity contribution in [3.05, 3.63) is 24.4 Å². The number of halogens is 3. The molecule has 2 aliphatic carbocycles. The smallest absolute Gasteiger partial charge is 0.401 e. The van der Waals surface area contributed by atoms with Crippen LogP contribution in [0, 0.1) is 23.2 Å². The number of aromatic nitrogens is 1. The SMILES string of the molecule is C[C@]1(C(=O)Nc2c[nH]c3ccc(OCC[C@@H]4C[C@@H]5CN(CC(F)(F)F)C[C@@H]5C4)cc23)C[C@H](O)C1. The molecule has 1 amide bonds. The first-order chi connectivity index (χ1) is 16.1. The molecule has 9 heteroatoms. The molecule has 1 aromatic heterocycles. The summed E-state index contributed by atoms with van der Waals surface area (Å²) in [6, 6.07) is 5.73. The van der Waals surface area contributed by atoms with Crippen LogP contribution in [0.2, 0.25) is 0 Å². The predicted molar refractivity (Wildman–Crippen MR) is 123 cm³/mol. The number of nitrogens with zero attached hydrogens (tertiary/aromatic N) is 1. The number of rotatable bonds is 7. The molecule has 1 aromatic carbocycles. The van der Waals surface area contributed by atoms with E-state index in [0.717, 1.165) is 35.9 Å².